The van der Waals surface area contributed by atoms with Crippen molar-refractivity contribution in [2.75, 3.05) is 13.1 Å². The van der Waals surface area contributed by atoms with Crippen molar-refractivity contribution in [3.8, 4) is 11.7 Å². The lowest BCUT2D eigenvalue weighted by atomic mass is 9.89. The Morgan fingerprint density at radius 3 is 2.84 bits per heavy atom. The number of likely N-dealkylation sites (tertiary alicyclic amines) is 1. The molecule has 0 unspecified atom stereocenters. The summed E-state index contributed by atoms with van der Waals surface area (Å²) < 4.78 is 11.6. The van der Waals surface area contributed by atoms with E-state index >= 15 is 0 Å². The van der Waals surface area contributed by atoms with E-state index in [1.807, 2.05) is 42.5 Å². The predicted octanol–water partition coefficient (Wildman–Crippen LogP) is 3.56. The van der Waals surface area contributed by atoms with Crippen molar-refractivity contribution >= 4 is 5.91 Å². The van der Waals surface area contributed by atoms with E-state index < -0.39 is 0 Å². The molecule has 2 saturated heterocycles. The molecule has 0 spiro atoms. The summed E-state index contributed by atoms with van der Waals surface area (Å²) in [5, 5.41) is 2.97. The van der Waals surface area contributed by atoms with Crippen molar-refractivity contribution in [3.05, 3.63) is 48.2 Å². The maximum Gasteiger partial charge on any atom is 0.290 e. The topological polar surface area (TPSA) is 54.7 Å². The Hall–Kier alpha value is -2.27. The minimum Gasteiger partial charge on any atom is -0.429 e. The lowest BCUT2D eigenvalue weighted by Gasteiger charge is -2.38. The Bertz CT molecular complexity index is 713. The van der Waals surface area contributed by atoms with E-state index in [0.29, 0.717) is 24.3 Å². The average molecular weight is 340 g/mol. The lowest BCUT2D eigenvalue weighted by molar-refractivity contribution is -0.119. The number of carbonyl (C=O) groups excluding carboxylic acids is 1. The second-order valence-corrected chi connectivity index (χ2v) is 6.94. The normalized spacial score (nSPS) is 24.2. The van der Waals surface area contributed by atoms with Gasteiger partial charge in [-0.05, 0) is 37.6 Å². The van der Waals surface area contributed by atoms with Crippen LogP contribution < -0.4 is 10.1 Å². The van der Waals surface area contributed by atoms with Crippen molar-refractivity contribution in [3.63, 3.8) is 0 Å². The van der Waals surface area contributed by atoms with Gasteiger partial charge in [0, 0.05) is 31.0 Å². The van der Waals surface area contributed by atoms with Gasteiger partial charge in [-0.15, -0.1) is 0 Å². The number of hydrogen-bond acceptors (Lipinski definition) is 4. The number of para-hydroxylation sites is 1. The van der Waals surface area contributed by atoms with E-state index in [2.05, 4.69) is 10.2 Å². The second-order valence-electron chi connectivity index (χ2n) is 6.94. The standard InChI is InChI=1S/C20H24N2O3/c23-19-12-15(13-21-19)18-8-4-5-11-22(18)14-17-9-10-20(25-17)24-16-6-2-1-3-7-16/h1-3,6-7,9-10,15,18H,4-5,8,11-14H2,(H,21,23)/t15-,18-/m0/s1. The fraction of sp³-hybridized carbons (Fsp3) is 0.450. The van der Waals surface area contributed by atoms with Gasteiger partial charge in [-0.1, -0.05) is 24.6 Å². The first-order valence-corrected chi connectivity index (χ1v) is 9.10. The molecule has 4 rings (SSSR count). The molecule has 0 radical (unpaired) electrons. The van der Waals surface area contributed by atoms with Crippen LogP contribution in [0.25, 0.3) is 0 Å². The van der Waals surface area contributed by atoms with Gasteiger partial charge in [0.25, 0.3) is 5.95 Å². The number of nitrogens with one attached hydrogen (secondary N) is 1. The zero-order chi connectivity index (χ0) is 17.1. The molecule has 1 amide bonds. The average Bonchev–Trinajstić information content (AvgIpc) is 3.25. The Morgan fingerprint density at radius 1 is 1.16 bits per heavy atom. The molecule has 2 aliphatic rings. The molecule has 5 heteroatoms. The summed E-state index contributed by atoms with van der Waals surface area (Å²) in [6.07, 6.45) is 4.26. The molecule has 2 aromatic rings. The first-order valence-electron chi connectivity index (χ1n) is 9.10. The molecule has 2 fully saturated rings. The Kier molecular flexibility index (Phi) is 4.74. The third kappa shape index (κ3) is 3.87. The molecule has 0 saturated carbocycles. The summed E-state index contributed by atoms with van der Waals surface area (Å²) in [5.41, 5.74) is 0. The molecule has 2 atom stereocenters. The fourth-order valence-electron chi connectivity index (χ4n) is 3.95. The number of rotatable bonds is 5. The van der Waals surface area contributed by atoms with Gasteiger partial charge in [-0.25, -0.2) is 0 Å². The summed E-state index contributed by atoms with van der Waals surface area (Å²) in [5.74, 6) is 2.81. The summed E-state index contributed by atoms with van der Waals surface area (Å²) in [7, 11) is 0. The molecule has 0 bridgehead atoms. The van der Waals surface area contributed by atoms with Crippen LogP contribution >= 0.6 is 0 Å². The van der Waals surface area contributed by atoms with Crippen LogP contribution in [-0.2, 0) is 11.3 Å². The molecule has 1 aromatic carbocycles. The highest BCUT2D eigenvalue weighted by Crippen LogP contribution is 2.30. The number of carbonyl (C=O) groups is 1. The number of hydrogen-bond donors (Lipinski definition) is 1. The molecule has 5 nitrogen and oxygen atoms in total. The van der Waals surface area contributed by atoms with Gasteiger partial charge in [0.2, 0.25) is 5.91 Å². The maximum atomic E-state index is 11.6. The Balaban J connectivity index is 1.41. The van der Waals surface area contributed by atoms with Crippen molar-refractivity contribution in [1.82, 2.24) is 10.2 Å². The first kappa shape index (κ1) is 16.2. The SMILES string of the molecule is O=C1C[C@H]([C@@H]2CCCCN2Cc2ccc(Oc3ccccc3)o2)CN1. The van der Waals surface area contributed by atoms with Gasteiger partial charge < -0.3 is 14.5 Å². The second kappa shape index (κ2) is 7.31. The van der Waals surface area contributed by atoms with Crippen LogP contribution in [0.15, 0.2) is 46.9 Å². The lowest BCUT2D eigenvalue weighted by Crippen LogP contribution is -2.44. The Morgan fingerprint density at radius 2 is 2.04 bits per heavy atom. The summed E-state index contributed by atoms with van der Waals surface area (Å²) in [6, 6.07) is 14.0. The highest BCUT2D eigenvalue weighted by atomic mass is 16.6. The monoisotopic (exact) mass is 340 g/mol. The summed E-state index contributed by atoms with van der Waals surface area (Å²) in [6.45, 7) is 2.64. The summed E-state index contributed by atoms with van der Waals surface area (Å²) >= 11 is 0. The fourth-order valence-corrected chi connectivity index (χ4v) is 3.95. The number of piperidine rings is 1. The van der Waals surface area contributed by atoms with Crippen LogP contribution in [0.3, 0.4) is 0 Å². The largest absolute Gasteiger partial charge is 0.429 e. The number of ether oxygens (including phenoxy) is 1. The number of nitrogens with zero attached hydrogens (tertiary/aromatic N) is 1. The van der Waals surface area contributed by atoms with E-state index in [1.165, 1.54) is 12.8 Å². The van der Waals surface area contributed by atoms with Gasteiger partial charge in [-0.2, -0.15) is 0 Å². The van der Waals surface area contributed by atoms with Crippen LogP contribution in [-0.4, -0.2) is 29.9 Å². The number of furan rings is 1. The van der Waals surface area contributed by atoms with Gasteiger partial charge >= 0.3 is 0 Å². The van der Waals surface area contributed by atoms with E-state index in [1.54, 1.807) is 0 Å². The van der Waals surface area contributed by atoms with Gasteiger partial charge in [-0.3, -0.25) is 9.69 Å². The molecule has 25 heavy (non-hydrogen) atoms. The molecule has 132 valence electrons. The zero-order valence-corrected chi connectivity index (χ0v) is 14.3. The maximum absolute atomic E-state index is 11.6. The number of amides is 1. The van der Waals surface area contributed by atoms with Crippen LogP contribution in [0.1, 0.15) is 31.4 Å². The van der Waals surface area contributed by atoms with Crippen LogP contribution in [0, 0.1) is 5.92 Å². The Labute approximate surface area is 148 Å². The molecule has 2 aliphatic heterocycles. The minimum atomic E-state index is 0.187. The minimum absolute atomic E-state index is 0.187. The summed E-state index contributed by atoms with van der Waals surface area (Å²) in [4.78, 5) is 14.0. The molecule has 1 N–H and O–H groups in total. The first-order chi connectivity index (χ1) is 12.3. The van der Waals surface area contributed by atoms with Crippen LogP contribution in [0.2, 0.25) is 0 Å². The molecular formula is C20H24N2O3. The molecule has 3 heterocycles. The van der Waals surface area contributed by atoms with Crippen molar-refractivity contribution in [2.45, 2.75) is 38.3 Å². The number of benzene rings is 1. The van der Waals surface area contributed by atoms with Gasteiger partial charge in [0.05, 0.1) is 6.54 Å². The van der Waals surface area contributed by atoms with Crippen molar-refractivity contribution in [1.29, 1.82) is 0 Å². The molecular weight excluding hydrogens is 316 g/mol. The van der Waals surface area contributed by atoms with E-state index in [-0.39, 0.29) is 5.91 Å². The van der Waals surface area contributed by atoms with Gasteiger partial charge in [0.15, 0.2) is 0 Å². The zero-order valence-electron chi connectivity index (χ0n) is 14.3. The smallest absolute Gasteiger partial charge is 0.290 e. The van der Waals surface area contributed by atoms with E-state index in [9.17, 15) is 4.79 Å². The highest BCUT2D eigenvalue weighted by molar-refractivity contribution is 5.78. The van der Waals surface area contributed by atoms with Gasteiger partial charge in [0.1, 0.15) is 11.5 Å². The van der Waals surface area contributed by atoms with Crippen LogP contribution in [0.5, 0.6) is 11.7 Å². The van der Waals surface area contributed by atoms with E-state index in [4.69, 9.17) is 9.15 Å². The third-order valence-corrected chi connectivity index (χ3v) is 5.17. The van der Waals surface area contributed by atoms with Crippen LogP contribution in [0.4, 0.5) is 0 Å². The van der Waals surface area contributed by atoms with Crippen molar-refractivity contribution in [2.24, 2.45) is 5.92 Å². The highest BCUT2D eigenvalue weighted by Gasteiger charge is 2.34. The predicted molar refractivity (Wildman–Crippen MR) is 94.4 cm³/mol. The van der Waals surface area contributed by atoms with Crippen molar-refractivity contribution < 1.29 is 13.9 Å². The quantitative estimate of drug-likeness (QED) is 0.904. The third-order valence-electron chi connectivity index (χ3n) is 5.17. The molecule has 0 aliphatic carbocycles. The van der Waals surface area contributed by atoms with E-state index in [0.717, 1.165) is 37.6 Å². The molecule has 1 aromatic heterocycles.